The number of ether oxygens (including phenoxy) is 3. The number of rotatable bonds is 10. The molecule has 1 aliphatic rings. The second kappa shape index (κ2) is 10.9. The van der Waals surface area contributed by atoms with Crippen LogP contribution in [0, 0.1) is 11.3 Å². The summed E-state index contributed by atoms with van der Waals surface area (Å²) in [5, 5.41) is 11.4. The summed E-state index contributed by atoms with van der Waals surface area (Å²) in [5.41, 5.74) is 1.35. The van der Waals surface area contributed by atoms with Crippen LogP contribution in [0.4, 0.5) is 4.79 Å². The molecule has 10 nitrogen and oxygen atoms in total. The maximum Gasteiger partial charge on any atom is 0.373 e. The SMILES string of the molecule is C=CCc1cc(C=C2NC(=O)N(Cc3ccc(C(=O)OC)o3)C2=O)cc(OCC)c1OCC#N. The van der Waals surface area contributed by atoms with Gasteiger partial charge in [-0.3, -0.25) is 9.69 Å². The molecule has 1 fully saturated rings. The first kappa shape index (κ1) is 24.1. The molecule has 2 heterocycles. The summed E-state index contributed by atoms with van der Waals surface area (Å²) in [6.07, 6.45) is 3.63. The molecule has 1 saturated heterocycles. The predicted molar refractivity (Wildman–Crippen MR) is 120 cm³/mol. The lowest BCUT2D eigenvalue weighted by Crippen LogP contribution is -2.30. The molecular formula is C24H23N3O7. The van der Waals surface area contributed by atoms with Crippen LogP contribution < -0.4 is 14.8 Å². The smallest absolute Gasteiger partial charge is 0.373 e. The van der Waals surface area contributed by atoms with Crippen molar-refractivity contribution in [2.45, 2.75) is 19.9 Å². The molecular weight excluding hydrogens is 442 g/mol. The number of methoxy groups -OCH3 is 1. The summed E-state index contributed by atoms with van der Waals surface area (Å²) in [7, 11) is 1.22. The van der Waals surface area contributed by atoms with Crippen LogP contribution in [0.15, 0.2) is 47.0 Å². The molecule has 10 heteroatoms. The molecule has 0 spiro atoms. The molecule has 3 amide bonds. The lowest BCUT2D eigenvalue weighted by atomic mass is 10.0. The number of nitriles is 1. The van der Waals surface area contributed by atoms with Gasteiger partial charge in [0.15, 0.2) is 18.1 Å². The fourth-order valence-corrected chi connectivity index (χ4v) is 3.32. The Morgan fingerprint density at radius 3 is 2.76 bits per heavy atom. The maximum atomic E-state index is 12.9. The summed E-state index contributed by atoms with van der Waals surface area (Å²) in [6.45, 7) is 5.60. The van der Waals surface area contributed by atoms with Gasteiger partial charge in [0.1, 0.15) is 17.5 Å². The molecule has 0 bridgehead atoms. The highest BCUT2D eigenvalue weighted by atomic mass is 16.5. The minimum Gasteiger partial charge on any atom is -0.490 e. The highest BCUT2D eigenvalue weighted by Gasteiger charge is 2.34. The van der Waals surface area contributed by atoms with E-state index in [9.17, 15) is 14.4 Å². The molecule has 0 radical (unpaired) electrons. The van der Waals surface area contributed by atoms with E-state index in [-0.39, 0.29) is 30.4 Å². The Balaban J connectivity index is 1.88. The van der Waals surface area contributed by atoms with Gasteiger partial charge < -0.3 is 23.9 Å². The number of urea groups is 1. The molecule has 0 saturated carbocycles. The van der Waals surface area contributed by atoms with Gasteiger partial charge in [-0.25, -0.2) is 9.59 Å². The zero-order chi connectivity index (χ0) is 24.7. The minimum absolute atomic E-state index is 0.0303. The number of nitrogens with one attached hydrogen (secondary N) is 1. The van der Waals surface area contributed by atoms with Crippen LogP contribution in [-0.2, 0) is 22.5 Å². The Morgan fingerprint density at radius 2 is 2.09 bits per heavy atom. The molecule has 1 aromatic carbocycles. The summed E-state index contributed by atoms with van der Waals surface area (Å²) in [5.74, 6) is -0.175. The molecule has 176 valence electrons. The van der Waals surface area contributed by atoms with Gasteiger partial charge in [-0.05, 0) is 49.2 Å². The zero-order valence-corrected chi connectivity index (χ0v) is 18.8. The molecule has 2 aromatic rings. The average molecular weight is 465 g/mol. The number of hydrogen-bond acceptors (Lipinski definition) is 8. The molecule has 1 aromatic heterocycles. The van der Waals surface area contributed by atoms with E-state index in [4.69, 9.17) is 19.2 Å². The van der Waals surface area contributed by atoms with E-state index in [1.807, 2.05) is 13.0 Å². The van der Waals surface area contributed by atoms with Crippen LogP contribution in [0.3, 0.4) is 0 Å². The Labute approximate surface area is 196 Å². The van der Waals surface area contributed by atoms with Crippen LogP contribution in [0.5, 0.6) is 11.5 Å². The summed E-state index contributed by atoms with van der Waals surface area (Å²) < 4.78 is 21.2. The fraction of sp³-hybridized carbons (Fsp3) is 0.250. The average Bonchev–Trinajstić information content (AvgIpc) is 3.39. The number of amides is 3. The van der Waals surface area contributed by atoms with Gasteiger partial charge in [-0.2, -0.15) is 5.26 Å². The molecule has 1 aliphatic heterocycles. The monoisotopic (exact) mass is 465 g/mol. The number of nitrogens with zero attached hydrogens (tertiary/aromatic N) is 2. The van der Waals surface area contributed by atoms with Gasteiger partial charge in [-0.15, -0.1) is 6.58 Å². The first-order valence-corrected chi connectivity index (χ1v) is 10.3. The Kier molecular flexibility index (Phi) is 7.71. The van der Waals surface area contributed by atoms with E-state index in [0.29, 0.717) is 35.7 Å². The number of carbonyl (C=O) groups excluding carboxylic acids is 3. The number of carbonyl (C=O) groups is 3. The fourth-order valence-electron chi connectivity index (χ4n) is 3.32. The third-order valence-electron chi connectivity index (χ3n) is 4.73. The van der Waals surface area contributed by atoms with Crippen molar-refractivity contribution in [3.63, 3.8) is 0 Å². The van der Waals surface area contributed by atoms with Crippen molar-refractivity contribution in [1.29, 1.82) is 5.26 Å². The highest BCUT2D eigenvalue weighted by Crippen LogP contribution is 2.35. The third-order valence-corrected chi connectivity index (χ3v) is 4.73. The maximum absolute atomic E-state index is 12.9. The second-order valence-electron chi connectivity index (χ2n) is 7.02. The van der Waals surface area contributed by atoms with Crippen molar-refractivity contribution in [2.24, 2.45) is 0 Å². The van der Waals surface area contributed by atoms with Gasteiger partial charge in [0.2, 0.25) is 5.76 Å². The lowest BCUT2D eigenvalue weighted by molar-refractivity contribution is -0.123. The second-order valence-corrected chi connectivity index (χ2v) is 7.02. The Morgan fingerprint density at radius 1 is 1.29 bits per heavy atom. The van der Waals surface area contributed by atoms with E-state index in [2.05, 4.69) is 16.6 Å². The highest BCUT2D eigenvalue weighted by molar-refractivity contribution is 6.13. The van der Waals surface area contributed by atoms with Crippen LogP contribution in [0.1, 0.15) is 34.4 Å². The van der Waals surface area contributed by atoms with Crippen molar-refractivity contribution < 1.29 is 33.0 Å². The topological polar surface area (TPSA) is 131 Å². The van der Waals surface area contributed by atoms with E-state index in [0.717, 1.165) is 4.90 Å². The Hall–Kier alpha value is -4.52. The number of furan rings is 1. The molecule has 0 atom stereocenters. The number of allylic oxidation sites excluding steroid dienone is 1. The molecule has 34 heavy (non-hydrogen) atoms. The largest absolute Gasteiger partial charge is 0.490 e. The van der Waals surface area contributed by atoms with E-state index < -0.39 is 17.9 Å². The van der Waals surface area contributed by atoms with Crippen molar-refractivity contribution in [1.82, 2.24) is 10.2 Å². The predicted octanol–water partition coefficient (Wildman–Crippen LogP) is 3.19. The van der Waals surface area contributed by atoms with E-state index in [1.54, 1.807) is 18.2 Å². The normalized spacial score (nSPS) is 14.0. The standard InChI is InChI=1S/C24H23N3O7/c1-4-6-16-11-15(13-20(32-5-2)21(16)33-10-9-25)12-18-22(28)27(24(30)26-18)14-17-7-8-19(34-17)23(29)31-3/h4,7-8,11-13H,1,5-6,10,14H2,2-3H3,(H,26,30). The van der Waals surface area contributed by atoms with E-state index >= 15 is 0 Å². The third kappa shape index (κ3) is 5.27. The molecule has 1 N–H and O–H groups in total. The van der Waals surface area contributed by atoms with Crippen molar-refractivity contribution in [2.75, 3.05) is 20.3 Å². The zero-order valence-electron chi connectivity index (χ0n) is 18.8. The quantitative estimate of drug-likeness (QED) is 0.245. The molecule has 3 rings (SSSR count). The first-order chi connectivity index (χ1) is 16.4. The van der Waals surface area contributed by atoms with E-state index in [1.165, 1.54) is 25.3 Å². The van der Waals surface area contributed by atoms with Gasteiger partial charge >= 0.3 is 12.0 Å². The number of esters is 1. The summed E-state index contributed by atoms with van der Waals surface area (Å²) in [6, 6.07) is 7.62. The van der Waals surface area contributed by atoms with Gasteiger partial charge in [0, 0.05) is 5.56 Å². The van der Waals surface area contributed by atoms with Gasteiger partial charge in [0.05, 0.1) is 20.3 Å². The number of benzene rings is 1. The number of imide groups is 1. The van der Waals surface area contributed by atoms with Crippen LogP contribution in [-0.4, -0.2) is 43.1 Å². The molecule has 0 unspecified atom stereocenters. The van der Waals surface area contributed by atoms with Gasteiger partial charge in [0.25, 0.3) is 5.91 Å². The summed E-state index contributed by atoms with van der Waals surface area (Å²) in [4.78, 5) is 37.8. The lowest BCUT2D eigenvalue weighted by Gasteiger charge is -2.15. The van der Waals surface area contributed by atoms with Crippen LogP contribution in [0.25, 0.3) is 6.08 Å². The first-order valence-electron chi connectivity index (χ1n) is 10.3. The van der Waals surface area contributed by atoms with Gasteiger partial charge in [-0.1, -0.05) is 6.08 Å². The van der Waals surface area contributed by atoms with Crippen LogP contribution >= 0.6 is 0 Å². The van der Waals surface area contributed by atoms with Crippen molar-refractivity contribution in [3.8, 4) is 17.6 Å². The minimum atomic E-state index is -0.660. The summed E-state index contributed by atoms with van der Waals surface area (Å²) >= 11 is 0. The van der Waals surface area contributed by atoms with Crippen molar-refractivity contribution >= 4 is 24.0 Å². The van der Waals surface area contributed by atoms with Crippen molar-refractivity contribution in [3.05, 3.63) is 65.3 Å². The van der Waals surface area contributed by atoms with Crippen LogP contribution in [0.2, 0.25) is 0 Å². The number of hydrogen-bond donors (Lipinski definition) is 1. The molecule has 0 aliphatic carbocycles. The Bertz CT molecular complexity index is 1190.